The van der Waals surface area contributed by atoms with Gasteiger partial charge in [-0.2, -0.15) is 0 Å². The summed E-state index contributed by atoms with van der Waals surface area (Å²) in [6.45, 7) is 3.50. The van der Waals surface area contributed by atoms with Gasteiger partial charge in [-0.05, 0) is 25.8 Å². The molecule has 0 saturated carbocycles. The second kappa shape index (κ2) is 5.81. The normalized spacial score (nSPS) is 30.7. The standard InChI is InChI=1S/C14H25NO/c1-2-3-4-5-7-12-10-14(16)11-13-8-6-9-15(12)13/h12-13H,2-11H2,1H3/t12-,13+/m1/s1. The third-order valence-electron chi connectivity index (χ3n) is 4.21. The van der Waals surface area contributed by atoms with Gasteiger partial charge in [0.2, 0.25) is 0 Å². The van der Waals surface area contributed by atoms with Crippen molar-refractivity contribution in [3.8, 4) is 0 Å². The zero-order valence-corrected chi connectivity index (χ0v) is 10.6. The summed E-state index contributed by atoms with van der Waals surface area (Å²) in [5.74, 6) is 0.517. The summed E-state index contributed by atoms with van der Waals surface area (Å²) < 4.78 is 0. The molecular formula is C14H25NO. The lowest BCUT2D eigenvalue weighted by molar-refractivity contribution is -0.124. The number of hydrogen-bond acceptors (Lipinski definition) is 2. The van der Waals surface area contributed by atoms with Crippen LogP contribution in [-0.2, 0) is 4.79 Å². The number of hydrogen-bond donors (Lipinski definition) is 0. The highest BCUT2D eigenvalue weighted by Crippen LogP contribution is 2.31. The van der Waals surface area contributed by atoms with Crippen LogP contribution in [0.25, 0.3) is 0 Å². The number of nitrogens with zero attached hydrogens (tertiary/aromatic N) is 1. The number of fused-ring (bicyclic) bond motifs is 1. The van der Waals surface area contributed by atoms with Gasteiger partial charge in [-0.3, -0.25) is 9.69 Å². The number of ketones is 1. The van der Waals surface area contributed by atoms with Crippen LogP contribution in [0.5, 0.6) is 0 Å². The molecule has 92 valence electrons. The van der Waals surface area contributed by atoms with Crippen LogP contribution in [-0.4, -0.2) is 29.3 Å². The lowest BCUT2D eigenvalue weighted by Gasteiger charge is -2.37. The molecule has 2 rings (SSSR count). The molecule has 0 amide bonds. The molecule has 2 atom stereocenters. The molecule has 0 N–H and O–H groups in total. The van der Waals surface area contributed by atoms with Gasteiger partial charge in [-0.25, -0.2) is 0 Å². The molecule has 0 spiro atoms. The average Bonchev–Trinajstić information content (AvgIpc) is 2.72. The van der Waals surface area contributed by atoms with Gasteiger partial charge in [0.05, 0.1) is 0 Å². The second-order valence-electron chi connectivity index (χ2n) is 5.48. The van der Waals surface area contributed by atoms with Crippen molar-refractivity contribution in [1.29, 1.82) is 0 Å². The Labute approximate surface area is 99.4 Å². The molecule has 2 aliphatic heterocycles. The molecule has 2 fully saturated rings. The molecule has 2 saturated heterocycles. The highest BCUT2D eigenvalue weighted by atomic mass is 16.1. The molecule has 0 unspecified atom stereocenters. The molecule has 16 heavy (non-hydrogen) atoms. The topological polar surface area (TPSA) is 20.3 Å². The minimum absolute atomic E-state index is 0.517. The minimum Gasteiger partial charge on any atom is -0.300 e. The summed E-state index contributed by atoms with van der Waals surface area (Å²) in [7, 11) is 0. The van der Waals surface area contributed by atoms with E-state index in [0.717, 1.165) is 12.8 Å². The fourth-order valence-electron chi connectivity index (χ4n) is 3.36. The number of carbonyl (C=O) groups excluding carboxylic acids is 1. The maximum Gasteiger partial charge on any atom is 0.136 e. The Morgan fingerprint density at radius 2 is 2.12 bits per heavy atom. The largest absolute Gasteiger partial charge is 0.300 e. The molecule has 0 radical (unpaired) electrons. The zero-order valence-electron chi connectivity index (χ0n) is 10.6. The van der Waals surface area contributed by atoms with Gasteiger partial charge >= 0.3 is 0 Å². The van der Waals surface area contributed by atoms with Crippen LogP contribution >= 0.6 is 0 Å². The first-order chi connectivity index (χ1) is 7.81. The Morgan fingerprint density at radius 3 is 2.94 bits per heavy atom. The van der Waals surface area contributed by atoms with Crippen LogP contribution in [0.15, 0.2) is 0 Å². The quantitative estimate of drug-likeness (QED) is 0.667. The van der Waals surface area contributed by atoms with Gasteiger partial charge < -0.3 is 0 Å². The molecule has 2 heteroatoms. The van der Waals surface area contributed by atoms with Gasteiger partial charge in [-0.1, -0.05) is 32.6 Å². The lowest BCUT2D eigenvalue weighted by Crippen LogP contribution is -2.45. The summed E-state index contributed by atoms with van der Waals surface area (Å²) in [4.78, 5) is 14.3. The smallest absolute Gasteiger partial charge is 0.136 e. The Bertz CT molecular complexity index is 239. The number of piperidine rings is 1. The third-order valence-corrected chi connectivity index (χ3v) is 4.21. The van der Waals surface area contributed by atoms with E-state index >= 15 is 0 Å². The van der Waals surface area contributed by atoms with E-state index in [9.17, 15) is 4.79 Å². The molecule has 0 aromatic heterocycles. The summed E-state index contributed by atoms with van der Waals surface area (Å²) in [6, 6.07) is 1.20. The lowest BCUT2D eigenvalue weighted by atomic mass is 9.92. The number of Topliss-reactive ketones (excluding diaryl/α,β-unsaturated/α-hetero) is 1. The van der Waals surface area contributed by atoms with Crippen LogP contribution in [0.4, 0.5) is 0 Å². The highest BCUT2D eigenvalue weighted by Gasteiger charge is 2.36. The fraction of sp³-hybridized carbons (Fsp3) is 0.929. The Balaban J connectivity index is 1.79. The first-order valence-corrected chi connectivity index (χ1v) is 7.08. The van der Waals surface area contributed by atoms with Gasteiger partial charge in [0.25, 0.3) is 0 Å². The highest BCUT2D eigenvalue weighted by molar-refractivity contribution is 5.80. The molecule has 0 aliphatic carbocycles. The van der Waals surface area contributed by atoms with Gasteiger partial charge in [0.15, 0.2) is 0 Å². The predicted octanol–water partition coefficient (Wildman–Crippen LogP) is 3.15. The van der Waals surface area contributed by atoms with Crippen molar-refractivity contribution in [2.24, 2.45) is 0 Å². The van der Waals surface area contributed by atoms with E-state index in [1.54, 1.807) is 0 Å². The SMILES string of the molecule is CCCCCC[C@@H]1CC(=O)C[C@@H]2CCCN12. The summed E-state index contributed by atoms with van der Waals surface area (Å²) in [5, 5.41) is 0. The van der Waals surface area contributed by atoms with Gasteiger partial charge in [0, 0.05) is 24.9 Å². The Kier molecular flexibility index (Phi) is 4.39. The zero-order chi connectivity index (χ0) is 11.4. The first-order valence-electron chi connectivity index (χ1n) is 7.08. The van der Waals surface area contributed by atoms with Crippen molar-refractivity contribution in [2.45, 2.75) is 76.8 Å². The van der Waals surface area contributed by atoms with Crippen LogP contribution in [0.3, 0.4) is 0 Å². The van der Waals surface area contributed by atoms with Crippen molar-refractivity contribution in [2.75, 3.05) is 6.54 Å². The van der Waals surface area contributed by atoms with Crippen LogP contribution in [0.1, 0.15) is 64.7 Å². The molecule has 2 nitrogen and oxygen atoms in total. The van der Waals surface area contributed by atoms with E-state index in [4.69, 9.17) is 0 Å². The van der Waals surface area contributed by atoms with Crippen LogP contribution in [0, 0.1) is 0 Å². The average molecular weight is 223 g/mol. The molecular weight excluding hydrogens is 198 g/mol. The van der Waals surface area contributed by atoms with E-state index in [1.165, 1.54) is 51.5 Å². The molecule has 0 bridgehead atoms. The van der Waals surface area contributed by atoms with E-state index < -0.39 is 0 Å². The van der Waals surface area contributed by atoms with Gasteiger partial charge in [0.1, 0.15) is 5.78 Å². The predicted molar refractivity (Wildman–Crippen MR) is 66.5 cm³/mol. The fourth-order valence-corrected chi connectivity index (χ4v) is 3.36. The maximum atomic E-state index is 11.7. The van der Waals surface area contributed by atoms with Gasteiger partial charge in [-0.15, -0.1) is 0 Å². The Hall–Kier alpha value is -0.370. The van der Waals surface area contributed by atoms with E-state index in [0.29, 0.717) is 17.9 Å². The van der Waals surface area contributed by atoms with Crippen molar-refractivity contribution in [1.82, 2.24) is 4.90 Å². The molecule has 0 aromatic rings. The van der Waals surface area contributed by atoms with Crippen molar-refractivity contribution < 1.29 is 4.79 Å². The number of carbonyl (C=O) groups is 1. The summed E-state index contributed by atoms with van der Waals surface area (Å²) >= 11 is 0. The van der Waals surface area contributed by atoms with E-state index in [2.05, 4.69) is 11.8 Å². The van der Waals surface area contributed by atoms with Crippen molar-refractivity contribution in [3.63, 3.8) is 0 Å². The molecule has 2 heterocycles. The summed E-state index contributed by atoms with van der Waals surface area (Å²) in [5.41, 5.74) is 0. The maximum absolute atomic E-state index is 11.7. The summed E-state index contributed by atoms with van der Waals surface area (Å²) in [6.07, 6.45) is 10.8. The van der Waals surface area contributed by atoms with Crippen LogP contribution in [0.2, 0.25) is 0 Å². The van der Waals surface area contributed by atoms with Crippen LogP contribution < -0.4 is 0 Å². The van der Waals surface area contributed by atoms with E-state index in [1.807, 2.05) is 0 Å². The molecule has 2 aliphatic rings. The number of rotatable bonds is 5. The number of unbranched alkanes of at least 4 members (excludes halogenated alkanes) is 3. The monoisotopic (exact) mass is 223 g/mol. The third kappa shape index (κ3) is 2.85. The Morgan fingerprint density at radius 1 is 1.25 bits per heavy atom. The van der Waals surface area contributed by atoms with Crippen molar-refractivity contribution >= 4 is 5.78 Å². The second-order valence-corrected chi connectivity index (χ2v) is 5.48. The first kappa shape index (κ1) is 12.1. The minimum atomic E-state index is 0.517. The van der Waals surface area contributed by atoms with E-state index in [-0.39, 0.29) is 0 Å². The van der Waals surface area contributed by atoms with Crippen molar-refractivity contribution in [3.05, 3.63) is 0 Å². The molecule has 0 aromatic carbocycles.